The van der Waals surface area contributed by atoms with Crippen LogP contribution in [0.1, 0.15) is 12.5 Å². The Kier molecular flexibility index (Phi) is 4.36. The summed E-state index contributed by atoms with van der Waals surface area (Å²) >= 11 is 11.1. The summed E-state index contributed by atoms with van der Waals surface area (Å²) < 4.78 is 0. The van der Waals surface area contributed by atoms with Crippen molar-refractivity contribution in [1.82, 2.24) is 4.90 Å². The van der Waals surface area contributed by atoms with Crippen LogP contribution in [0.4, 0.5) is 5.69 Å². The standard InChI is InChI=1S/C11H15ClN2S/c1-4-14(3)11(15)13-10-6-5-9(12)7-8(10)2/h5-7H,4H2,1-3H3,(H,13,15). The Bertz CT molecular complexity index is 366. The summed E-state index contributed by atoms with van der Waals surface area (Å²) in [4.78, 5) is 1.98. The summed E-state index contributed by atoms with van der Waals surface area (Å²) in [6.45, 7) is 4.95. The van der Waals surface area contributed by atoms with Crippen LogP contribution in [0.2, 0.25) is 5.02 Å². The fraction of sp³-hybridized carbons (Fsp3) is 0.364. The summed E-state index contributed by atoms with van der Waals surface area (Å²) in [7, 11) is 1.96. The maximum Gasteiger partial charge on any atom is 0.173 e. The minimum Gasteiger partial charge on any atom is -0.352 e. The zero-order valence-corrected chi connectivity index (χ0v) is 10.7. The van der Waals surface area contributed by atoms with Crippen molar-refractivity contribution in [3.05, 3.63) is 28.8 Å². The van der Waals surface area contributed by atoms with Gasteiger partial charge in [0.05, 0.1) is 0 Å². The molecule has 1 aromatic carbocycles. The molecule has 0 atom stereocenters. The van der Waals surface area contributed by atoms with E-state index in [0.29, 0.717) is 0 Å². The van der Waals surface area contributed by atoms with Crippen molar-refractivity contribution in [1.29, 1.82) is 0 Å². The molecule has 4 heteroatoms. The molecule has 0 unspecified atom stereocenters. The van der Waals surface area contributed by atoms with Crippen molar-refractivity contribution in [2.75, 3.05) is 18.9 Å². The molecule has 0 aliphatic rings. The van der Waals surface area contributed by atoms with E-state index in [0.717, 1.165) is 27.9 Å². The van der Waals surface area contributed by atoms with Gasteiger partial charge >= 0.3 is 0 Å². The molecule has 1 N–H and O–H groups in total. The smallest absolute Gasteiger partial charge is 0.173 e. The first kappa shape index (κ1) is 12.3. The number of hydrogen-bond donors (Lipinski definition) is 1. The maximum absolute atomic E-state index is 5.87. The number of halogens is 1. The number of nitrogens with one attached hydrogen (secondary N) is 1. The van der Waals surface area contributed by atoms with Gasteiger partial charge in [-0.3, -0.25) is 0 Å². The molecule has 82 valence electrons. The van der Waals surface area contributed by atoms with Gasteiger partial charge < -0.3 is 10.2 Å². The highest BCUT2D eigenvalue weighted by atomic mass is 35.5. The van der Waals surface area contributed by atoms with E-state index in [9.17, 15) is 0 Å². The molecule has 0 bridgehead atoms. The highest BCUT2D eigenvalue weighted by Crippen LogP contribution is 2.19. The molecule has 0 spiro atoms. The summed E-state index contributed by atoms with van der Waals surface area (Å²) in [5.41, 5.74) is 2.10. The second-order valence-electron chi connectivity index (χ2n) is 3.40. The van der Waals surface area contributed by atoms with Crippen molar-refractivity contribution in [3.8, 4) is 0 Å². The minimum absolute atomic E-state index is 0.725. The van der Waals surface area contributed by atoms with E-state index in [1.165, 1.54) is 0 Å². The van der Waals surface area contributed by atoms with Crippen molar-refractivity contribution >= 4 is 34.6 Å². The van der Waals surface area contributed by atoms with Crippen LogP contribution in [0.3, 0.4) is 0 Å². The molecule has 0 heterocycles. The molecule has 0 saturated carbocycles. The number of nitrogens with zero attached hydrogens (tertiary/aromatic N) is 1. The summed E-state index contributed by atoms with van der Waals surface area (Å²) in [5.74, 6) is 0. The zero-order chi connectivity index (χ0) is 11.4. The maximum atomic E-state index is 5.87. The molecule has 1 aromatic rings. The fourth-order valence-corrected chi connectivity index (χ4v) is 1.59. The predicted octanol–water partition coefficient (Wildman–Crippen LogP) is 3.30. The summed E-state index contributed by atoms with van der Waals surface area (Å²) in [6, 6.07) is 5.71. The lowest BCUT2D eigenvalue weighted by atomic mass is 10.2. The lowest BCUT2D eigenvalue weighted by Crippen LogP contribution is -2.30. The van der Waals surface area contributed by atoms with E-state index < -0.39 is 0 Å². The molecule has 0 radical (unpaired) electrons. The van der Waals surface area contributed by atoms with E-state index in [2.05, 4.69) is 12.2 Å². The van der Waals surface area contributed by atoms with Gasteiger partial charge in [0.2, 0.25) is 0 Å². The van der Waals surface area contributed by atoms with E-state index in [-0.39, 0.29) is 0 Å². The summed E-state index contributed by atoms with van der Waals surface area (Å²) in [6.07, 6.45) is 0. The predicted molar refractivity (Wildman–Crippen MR) is 70.7 cm³/mol. The number of anilines is 1. The van der Waals surface area contributed by atoms with Gasteiger partial charge in [0, 0.05) is 24.3 Å². The number of aryl methyl sites for hydroxylation is 1. The van der Waals surface area contributed by atoms with Crippen LogP contribution in [-0.4, -0.2) is 23.6 Å². The van der Waals surface area contributed by atoms with Gasteiger partial charge in [-0.1, -0.05) is 11.6 Å². The van der Waals surface area contributed by atoms with Gasteiger partial charge in [0.25, 0.3) is 0 Å². The van der Waals surface area contributed by atoms with Crippen LogP contribution >= 0.6 is 23.8 Å². The third-order valence-electron chi connectivity index (χ3n) is 2.25. The molecule has 0 aliphatic heterocycles. The first-order valence-electron chi connectivity index (χ1n) is 4.83. The summed E-state index contributed by atoms with van der Waals surface area (Å²) in [5, 5.41) is 4.66. The molecular weight excluding hydrogens is 228 g/mol. The van der Waals surface area contributed by atoms with Crippen LogP contribution < -0.4 is 5.32 Å². The van der Waals surface area contributed by atoms with Gasteiger partial charge in [-0.05, 0) is 49.8 Å². The SMILES string of the molecule is CCN(C)C(=S)Nc1ccc(Cl)cc1C. The van der Waals surface area contributed by atoms with Gasteiger partial charge in [0.15, 0.2) is 5.11 Å². The van der Waals surface area contributed by atoms with Gasteiger partial charge in [0.1, 0.15) is 0 Å². The van der Waals surface area contributed by atoms with E-state index >= 15 is 0 Å². The Morgan fingerprint density at radius 3 is 2.73 bits per heavy atom. The second-order valence-corrected chi connectivity index (χ2v) is 4.23. The highest BCUT2D eigenvalue weighted by Gasteiger charge is 2.04. The third kappa shape index (κ3) is 3.36. The van der Waals surface area contributed by atoms with Crippen molar-refractivity contribution in [3.63, 3.8) is 0 Å². The Morgan fingerprint density at radius 1 is 1.53 bits per heavy atom. The van der Waals surface area contributed by atoms with Gasteiger partial charge in [-0.25, -0.2) is 0 Å². The first-order chi connectivity index (χ1) is 7.04. The third-order valence-corrected chi connectivity index (χ3v) is 2.90. The number of rotatable bonds is 2. The lowest BCUT2D eigenvalue weighted by Gasteiger charge is -2.19. The second kappa shape index (κ2) is 5.33. The van der Waals surface area contributed by atoms with E-state index in [4.69, 9.17) is 23.8 Å². The van der Waals surface area contributed by atoms with Gasteiger partial charge in [-0.2, -0.15) is 0 Å². The molecular formula is C11H15ClN2S. The average molecular weight is 243 g/mol. The molecule has 0 aromatic heterocycles. The topological polar surface area (TPSA) is 15.3 Å². The molecule has 0 amide bonds. The Balaban J connectivity index is 2.77. The molecule has 0 aliphatic carbocycles. The molecule has 2 nitrogen and oxygen atoms in total. The van der Waals surface area contributed by atoms with Crippen molar-refractivity contribution < 1.29 is 0 Å². The minimum atomic E-state index is 0.725. The molecule has 0 fully saturated rings. The van der Waals surface area contributed by atoms with Crippen LogP contribution in [-0.2, 0) is 0 Å². The lowest BCUT2D eigenvalue weighted by molar-refractivity contribution is 0.544. The van der Waals surface area contributed by atoms with Crippen LogP contribution in [0, 0.1) is 6.92 Å². The highest BCUT2D eigenvalue weighted by molar-refractivity contribution is 7.80. The first-order valence-corrected chi connectivity index (χ1v) is 5.61. The number of hydrogen-bond acceptors (Lipinski definition) is 1. The Hall–Kier alpha value is -0.800. The largest absolute Gasteiger partial charge is 0.352 e. The molecule has 1 rings (SSSR count). The number of thiocarbonyl (C=S) groups is 1. The Labute approximate surface area is 101 Å². The van der Waals surface area contributed by atoms with Crippen molar-refractivity contribution in [2.24, 2.45) is 0 Å². The van der Waals surface area contributed by atoms with Crippen LogP contribution in [0.25, 0.3) is 0 Å². The van der Waals surface area contributed by atoms with Crippen LogP contribution in [0.15, 0.2) is 18.2 Å². The van der Waals surface area contributed by atoms with Crippen LogP contribution in [0.5, 0.6) is 0 Å². The zero-order valence-electron chi connectivity index (χ0n) is 9.17. The molecule has 15 heavy (non-hydrogen) atoms. The number of benzene rings is 1. The van der Waals surface area contributed by atoms with E-state index in [1.807, 2.05) is 37.1 Å². The Morgan fingerprint density at radius 2 is 2.20 bits per heavy atom. The quantitative estimate of drug-likeness (QED) is 0.802. The normalized spacial score (nSPS) is 9.87. The monoisotopic (exact) mass is 242 g/mol. The van der Waals surface area contributed by atoms with E-state index in [1.54, 1.807) is 0 Å². The van der Waals surface area contributed by atoms with Crippen molar-refractivity contribution in [2.45, 2.75) is 13.8 Å². The molecule has 0 saturated heterocycles. The fourth-order valence-electron chi connectivity index (χ4n) is 1.12. The average Bonchev–Trinajstić information content (AvgIpc) is 2.20. The van der Waals surface area contributed by atoms with Gasteiger partial charge in [-0.15, -0.1) is 0 Å².